The van der Waals surface area contributed by atoms with Crippen LogP contribution in [0, 0.1) is 0 Å². The van der Waals surface area contributed by atoms with E-state index in [1.165, 1.54) is 0 Å². The van der Waals surface area contributed by atoms with Gasteiger partial charge in [-0.1, -0.05) is 12.1 Å². The molecular formula is C19H22N4O2S2. The first-order valence-corrected chi connectivity index (χ1v) is 11.0. The number of hydrogen-bond donors (Lipinski definition) is 0. The van der Waals surface area contributed by atoms with Gasteiger partial charge in [-0.05, 0) is 18.6 Å². The first-order chi connectivity index (χ1) is 13.2. The van der Waals surface area contributed by atoms with E-state index in [-0.39, 0.29) is 18.4 Å². The summed E-state index contributed by atoms with van der Waals surface area (Å²) < 4.78 is 0. The number of fused-ring (bicyclic) bond motifs is 1. The highest BCUT2D eigenvalue weighted by Gasteiger charge is 2.28. The Hall–Kier alpha value is -1.90. The van der Waals surface area contributed by atoms with Gasteiger partial charge in [-0.25, -0.2) is 4.98 Å². The lowest BCUT2D eigenvalue weighted by atomic mass is 10.2. The predicted octanol–water partition coefficient (Wildman–Crippen LogP) is 2.32. The van der Waals surface area contributed by atoms with Gasteiger partial charge in [-0.2, -0.15) is 0 Å². The highest BCUT2D eigenvalue weighted by Crippen LogP contribution is 2.34. The van der Waals surface area contributed by atoms with Crippen LogP contribution in [0.3, 0.4) is 0 Å². The number of benzene rings is 1. The Kier molecular flexibility index (Phi) is 5.75. The third-order valence-corrected chi connectivity index (χ3v) is 6.70. The molecular weight excluding hydrogens is 380 g/mol. The summed E-state index contributed by atoms with van der Waals surface area (Å²) in [5.41, 5.74) is 0.854. The van der Waals surface area contributed by atoms with E-state index in [2.05, 4.69) is 9.88 Å². The normalized spacial score (nSPS) is 18.3. The Balaban J connectivity index is 1.38. The van der Waals surface area contributed by atoms with Crippen LogP contribution in [0.2, 0.25) is 0 Å². The summed E-state index contributed by atoms with van der Waals surface area (Å²) in [5, 5.41) is 3.11. The summed E-state index contributed by atoms with van der Waals surface area (Å²) in [4.78, 5) is 36.6. The summed E-state index contributed by atoms with van der Waals surface area (Å²) in [5.74, 6) is 0.430. The van der Waals surface area contributed by atoms with Gasteiger partial charge in [0.05, 0.1) is 18.0 Å². The fraction of sp³-hybridized carbons (Fsp3) is 0.421. The van der Waals surface area contributed by atoms with Gasteiger partial charge in [0, 0.05) is 42.7 Å². The van der Waals surface area contributed by atoms with E-state index in [0.29, 0.717) is 12.3 Å². The average molecular weight is 403 g/mol. The monoisotopic (exact) mass is 402 g/mol. The highest BCUT2D eigenvalue weighted by molar-refractivity contribution is 8.00. The molecule has 0 spiro atoms. The number of carbonyl (C=O) groups excluding carboxylic acids is 2. The zero-order valence-corrected chi connectivity index (χ0v) is 16.7. The van der Waals surface area contributed by atoms with E-state index in [0.717, 1.165) is 48.2 Å². The standard InChI is InChI=1S/C19H22N4O2S2/c24-18(13-23-15-4-1-2-5-16(15)27-14-19(23)25)22-8-3-7-21(9-10-22)12-17-20-6-11-26-17/h1-2,4-6,11H,3,7-10,12-14H2. The van der Waals surface area contributed by atoms with Crippen LogP contribution in [0.1, 0.15) is 11.4 Å². The molecule has 0 aliphatic carbocycles. The molecule has 8 heteroatoms. The SMILES string of the molecule is O=C(CN1C(=O)CSc2ccccc21)N1CCCN(Cc2nccs2)CC1. The molecule has 2 aliphatic rings. The Bertz CT molecular complexity index is 812. The smallest absolute Gasteiger partial charge is 0.242 e. The molecule has 1 fully saturated rings. The molecule has 2 aliphatic heterocycles. The van der Waals surface area contributed by atoms with E-state index in [4.69, 9.17) is 0 Å². The van der Waals surface area contributed by atoms with Gasteiger partial charge in [0.25, 0.3) is 0 Å². The number of thiazole rings is 1. The quantitative estimate of drug-likeness (QED) is 0.786. The minimum absolute atomic E-state index is 0.00673. The molecule has 0 N–H and O–H groups in total. The number of thioether (sulfide) groups is 1. The molecule has 1 aromatic carbocycles. The van der Waals surface area contributed by atoms with Crippen molar-refractivity contribution in [2.45, 2.75) is 17.9 Å². The maximum absolute atomic E-state index is 12.9. The van der Waals surface area contributed by atoms with Gasteiger partial charge < -0.3 is 9.80 Å². The van der Waals surface area contributed by atoms with Crippen molar-refractivity contribution in [1.82, 2.24) is 14.8 Å². The number of para-hydroxylation sites is 1. The van der Waals surface area contributed by atoms with Crippen molar-refractivity contribution >= 4 is 40.6 Å². The molecule has 0 bridgehead atoms. The van der Waals surface area contributed by atoms with Gasteiger partial charge in [-0.15, -0.1) is 23.1 Å². The molecule has 2 aromatic rings. The molecule has 4 rings (SSSR count). The Labute approximate surface area is 167 Å². The second-order valence-corrected chi connectivity index (χ2v) is 8.67. The molecule has 0 saturated carbocycles. The zero-order chi connectivity index (χ0) is 18.6. The second kappa shape index (κ2) is 8.41. The number of rotatable bonds is 4. The van der Waals surface area contributed by atoms with Gasteiger partial charge in [-0.3, -0.25) is 14.5 Å². The van der Waals surface area contributed by atoms with Gasteiger partial charge in [0.1, 0.15) is 11.6 Å². The Morgan fingerprint density at radius 3 is 2.89 bits per heavy atom. The van der Waals surface area contributed by atoms with Crippen LogP contribution in [0.15, 0.2) is 40.7 Å². The molecule has 142 valence electrons. The minimum atomic E-state index is 0.00673. The van der Waals surface area contributed by atoms with Crippen LogP contribution < -0.4 is 4.90 Å². The van der Waals surface area contributed by atoms with Crippen molar-refractivity contribution < 1.29 is 9.59 Å². The summed E-state index contributed by atoms with van der Waals surface area (Å²) in [6.07, 6.45) is 2.77. The van der Waals surface area contributed by atoms with Crippen LogP contribution in [0.25, 0.3) is 0 Å². The maximum Gasteiger partial charge on any atom is 0.242 e. The van der Waals surface area contributed by atoms with Crippen LogP contribution in [-0.2, 0) is 16.1 Å². The number of carbonyl (C=O) groups is 2. The average Bonchev–Trinajstić information content (AvgIpc) is 3.08. The highest BCUT2D eigenvalue weighted by atomic mass is 32.2. The van der Waals surface area contributed by atoms with Crippen LogP contribution in [-0.4, -0.2) is 65.1 Å². The fourth-order valence-electron chi connectivity index (χ4n) is 3.46. The Morgan fingerprint density at radius 1 is 1.15 bits per heavy atom. The molecule has 2 amide bonds. The van der Waals surface area contributed by atoms with E-state index in [9.17, 15) is 9.59 Å². The third kappa shape index (κ3) is 4.34. The summed E-state index contributed by atoms with van der Waals surface area (Å²) in [6.45, 7) is 4.21. The Morgan fingerprint density at radius 2 is 2.04 bits per heavy atom. The molecule has 27 heavy (non-hydrogen) atoms. The maximum atomic E-state index is 12.9. The van der Waals surface area contributed by atoms with Crippen molar-refractivity contribution in [1.29, 1.82) is 0 Å². The first-order valence-electron chi connectivity index (χ1n) is 9.11. The predicted molar refractivity (Wildman–Crippen MR) is 108 cm³/mol. The van der Waals surface area contributed by atoms with Crippen molar-refractivity contribution in [3.63, 3.8) is 0 Å². The van der Waals surface area contributed by atoms with E-state index in [1.807, 2.05) is 40.7 Å². The number of hydrogen-bond acceptors (Lipinski definition) is 6. The fourth-order valence-corrected chi connectivity index (χ4v) is 5.06. The molecule has 0 unspecified atom stereocenters. The molecule has 3 heterocycles. The number of aromatic nitrogens is 1. The van der Waals surface area contributed by atoms with Gasteiger partial charge in [0.2, 0.25) is 11.8 Å². The molecule has 0 radical (unpaired) electrons. The number of nitrogens with zero attached hydrogens (tertiary/aromatic N) is 4. The lowest BCUT2D eigenvalue weighted by Crippen LogP contribution is -2.46. The largest absolute Gasteiger partial charge is 0.340 e. The summed E-state index contributed by atoms with van der Waals surface area (Å²) >= 11 is 3.21. The molecule has 1 saturated heterocycles. The second-order valence-electron chi connectivity index (χ2n) is 6.67. The van der Waals surface area contributed by atoms with Crippen molar-refractivity contribution in [3.8, 4) is 0 Å². The van der Waals surface area contributed by atoms with E-state index in [1.54, 1.807) is 28.0 Å². The lowest BCUT2D eigenvalue weighted by molar-refractivity contribution is -0.131. The summed E-state index contributed by atoms with van der Waals surface area (Å²) in [6, 6.07) is 7.81. The van der Waals surface area contributed by atoms with E-state index < -0.39 is 0 Å². The molecule has 0 atom stereocenters. The van der Waals surface area contributed by atoms with Crippen molar-refractivity contribution in [3.05, 3.63) is 40.8 Å². The van der Waals surface area contributed by atoms with Gasteiger partial charge >= 0.3 is 0 Å². The number of anilines is 1. The summed E-state index contributed by atoms with van der Waals surface area (Å²) in [7, 11) is 0. The van der Waals surface area contributed by atoms with E-state index >= 15 is 0 Å². The first kappa shape index (κ1) is 18.5. The zero-order valence-electron chi connectivity index (χ0n) is 15.0. The molecule has 6 nitrogen and oxygen atoms in total. The van der Waals surface area contributed by atoms with Crippen molar-refractivity contribution in [2.24, 2.45) is 0 Å². The number of amides is 2. The topological polar surface area (TPSA) is 56.8 Å². The lowest BCUT2D eigenvalue weighted by Gasteiger charge is -2.30. The van der Waals surface area contributed by atoms with Crippen LogP contribution in [0.4, 0.5) is 5.69 Å². The third-order valence-electron chi connectivity index (χ3n) is 4.89. The van der Waals surface area contributed by atoms with Crippen LogP contribution >= 0.6 is 23.1 Å². The molecule has 1 aromatic heterocycles. The van der Waals surface area contributed by atoms with Crippen LogP contribution in [0.5, 0.6) is 0 Å². The van der Waals surface area contributed by atoms with Crippen molar-refractivity contribution in [2.75, 3.05) is 43.4 Å². The van der Waals surface area contributed by atoms with Gasteiger partial charge in [0.15, 0.2) is 0 Å². The minimum Gasteiger partial charge on any atom is -0.340 e.